The Balaban J connectivity index is 1.99. The van der Waals surface area contributed by atoms with Crippen molar-refractivity contribution in [1.82, 2.24) is 25.1 Å². The molecule has 0 atom stereocenters. The van der Waals surface area contributed by atoms with E-state index in [2.05, 4.69) is 20.4 Å². The van der Waals surface area contributed by atoms with E-state index in [1.54, 1.807) is 19.2 Å². The largest absolute Gasteiger partial charge is 0.461 e. The van der Waals surface area contributed by atoms with Crippen LogP contribution in [0.4, 0.5) is 0 Å². The molecule has 1 aliphatic rings. The fraction of sp³-hybridized carbons (Fsp3) is 0.500. The molecule has 8 heteroatoms. The van der Waals surface area contributed by atoms with E-state index >= 15 is 0 Å². The number of aromatic nitrogens is 4. The number of rotatable bonds is 5. The molecule has 0 aliphatic carbocycles. The summed E-state index contributed by atoms with van der Waals surface area (Å²) in [5.41, 5.74) is 1.88. The summed E-state index contributed by atoms with van der Waals surface area (Å²) in [5.74, 6) is -0.339. The number of hydrogen-bond acceptors (Lipinski definition) is 7. The summed E-state index contributed by atoms with van der Waals surface area (Å²) in [7, 11) is 0. The maximum Gasteiger partial charge on any atom is 0.356 e. The molecule has 1 N–H and O–H groups in total. The molecule has 3 rings (SSSR count). The second-order valence-electron chi connectivity index (χ2n) is 5.49. The zero-order valence-electron chi connectivity index (χ0n) is 13.9. The first-order chi connectivity index (χ1) is 11.7. The summed E-state index contributed by atoms with van der Waals surface area (Å²) in [6, 6.07) is 3.78. The Labute approximate surface area is 145 Å². The minimum atomic E-state index is -0.339. The van der Waals surface area contributed by atoms with E-state index in [1.165, 1.54) is 11.8 Å². The molecule has 2 aromatic heterocycles. The number of esters is 1. The standard InChI is InChI=1S/C16H21N5O2S/c1-3-23-15(22)14-10-13(12-6-9-18-16(19-12)24-2)20-21(14)11-4-7-17-8-5-11/h6,9-11,17H,3-5,7-8H2,1-2H3. The minimum absolute atomic E-state index is 0.196. The molecule has 0 radical (unpaired) electrons. The van der Waals surface area contributed by atoms with Gasteiger partial charge in [-0.05, 0) is 45.2 Å². The monoisotopic (exact) mass is 347 g/mol. The van der Waals surface area contributed by atoms with Crippen LogP contribution in [0.25, 0.3) is 11.4 Å². The maximum absolute atomic E-state index is 12.3. The van der Waals surface area contributed by atoms with Gasteiger partial charge in [0.1, 0.15) is 11.4 Å². The summed E-state index contributed by atoms with van der Waals surface area (Å²) in [6.45, 7) is 3.99. The zero-order valence-corrected chi connectivity index (χ0v) is 14.7. The van der Waals surface area contributed by atoms with Crippen LogP contribution in [0.2, 0.25) is 0 Å². The fourth-order valence-corrected chi connectivity index (χ4v) is 3.14. The summed E-state index contributed by atoms with van der Waals surface area (Å²) < 4.78 is 7.02. The van der Waals surface area contributed by atoms with Gasteiger partial charge in [0.25, 0.3) is 0 Å². The van der Waals surface area contributed by atoms with Gasteiger partial charge in [0.15, 0.2) is 5.16 Å². The molecule has 0 amide bonds. The Morgan fingerprint density at radius 2 is 2.21 bits per heavy atom. The van der Waals surface area contributed by atoms with Crippen LogP contribution >= 0.6 is 11.8 Å². The van der Waals surface area contributed by atoms with E-state index in [0.717, 1.165) is 25.9 Å². The molecule has 0 spiro atoms. The third-order valence-corrected chi connectivity index (χ3v) is 4.52. The lowest BCUT2D eigenvalue weighted by molar-refractivity contribution is 0.0507. The van der Waals surface area contributed by atoms with E-state index in [9.17, 15) is 4.79 Å². The summed E-state index contributed by atoms with van der Waals surface area (Å²) >= 11 is 1.47. The predicted molar refractivity (Wildman–Crippen MR) is 92.1 cm³/mol. The van der Waals surface area contributed by atoms with Gasteiger partial charge in [-0.1, -0.05) is 11.8 Å². The lowest BCUT2D eigenvalue weighted by atomic mass is 10.1. The molecule has 1 aliphatic heterocycles. The molecule has 2 aromatic rings. The first-order valence-electron chi connectivity index (χ1n) is 8.07. The number of nitrogens with one attached hydrogen (secondary N) is 1. The van der Waals surface area contributed by atoms with Crippen LogP contribution in [-0.4, -0.2) is 51.7 Å². The highest BCUT2D eigenvalue weighted by molar-refractivity contribution is 7.98. The van der Waals surface area contributed by atoms with Crippen molar-refractivity contribution in [2.45, 2.75) is 31.0 Å². The van der Waals surface area contributed by atoms with Gasteiger partial charge in [-0.2, -0.15) is 5.10 Å². The first kappa shape index (κ1) is 16.9. The summed E-state index contributed by atoms with van der Waals surface area (Å²) in [4.78, 5) is 21.0. The second kappa shape index (κ2) is 7.76. The van der Waals surface area contributed by atoms with Crippen LogP contribution in [-0.2, 0) is 4.74 Å². The topological polar surface area (TPSA) is 81.9 Å². The first-order valence-corrected chi connectivity index (χ1v) is 9.30. The molecule has 24 heavy (non-hydrogen) atoms. The van der Waals surface area contributed by atoms with Crippen LogP contribution in [0.15, 0.2) is 23.5 Å². The molecule has 128 valence electrons. The number of carbonyl (C=O) groups is 1. The second-order valence-corrected chi connectivity index (χ2v) is 6.26. The lowest BCUT2D eigenvalue weighted by Crippen LogP contribution is -2.31. The quantitative estimate of drug-likeness (QED) is 0.504. The molecule has 3 heterocycles. The van der Waals surface area contributed by atoms with Crippen LogP contribution < -0.4 is 5.32 Å². The van der Waals surface area contributed by atoms with Crippen LogP contribution in [0, 0.1) is 0 Å². The van der Waals surface area contributed by atoms with E-state index in [1.807, 2.05) is 17.0 Å². The van der Waals surface area contributed by atoms with Crippen molar-refractivity contribution >= 4 is 17.7 Å². The highest BCUT2D eigenvalue weighted by Crippen LogP contribution is 2.25. The van der Waals surface area contributed by atoms with E-state index in [4.69, 9.17) is 4.74 Å². The number of nitrogens with zero attached hydrogens (tertiary/aromatic N) is 4. The van der Waals surface area contributed by atoms with Gasteiger partial charge in [-0.25, -0.2) is 14.8 Å². The minimum Gasteiger partial charge on any atom is -0.461 e. The summed E-state index contributed by atoms with van der Waals surface area (Å²) in [5, 5.41) is 8.68. The van der Waals surface area contributed by atoms with E-state index < -0.39 is 0 Å². The van der Waals surface area contributed by atoms with Gasteiger partial charge >= 0.3 is 5.97 Å². The van der Waals surface area contributed by atoms with Crippen LogP contribution in [0.3, 0.4) is 0 Å². The van der Waals surface area contributed by atoms with Crippen molar-refractivity contribution < 1.29 is 9.53 Å². The Bertz CT molecular complexity index is 712. The fourth-order valence-electron chi connectivity index (χ4n) is 2.79. The number of hydrogen-bond donors (Lipinski definition) is 1. The van der Waals surface area contributed by atoms with Gasteiger partial charge in [0.05, 0.1) is 18.3 Å². The molecule has 7 nitrogen and oxygen atoms in total. The number of piperidine rings is 1. The molecular weight excluding hydrogens is 326 g/mol. The normalized spacial score (nSPS) is 15.4. The zero-order chi connectivity index (χ0) is 16.9. The number of carbonyl (C=O) groups excluding carboxylic acids is 1. The molecule has 1 fully saturated rings. The van der Waals surface area contributed by atoms with Crippen LogP contribution in [0.5, 0.6) is 0 Å². The van der Waals surface area contributed by atoms with Crippen molar-refractivity contribution in [3.8, 4) is 11.4 Å². The molecule has 0 unspecified atom stereocenters. The van der Waals surface area contributed by atoms with Gasteiger partial charge in [0, 0.05) is 12.3 Å². The van der Waals surface area contributed by atoms with E-state index in [0.29, 0.717) is 28.8 Å². The van der Waals surface area contributed by atoms with Gasteiger partial charge in [-0.15, -0.1) is 0 Å². The average Bonchev–Trinajstić information content (AvgIpc) is 3.08. The molecule has 0 aromatic carbocycles. The Hall–Kier alpha value is -1.93. The Morgan fingerprint density at radius 3 is 2.92 bits per heavy atom. The van der Waals surface area contributed by atoms with Gasteiger partial charge in [0.2, 0.25) is 0 Å². The highest BCUT2D eigenvalue weighted by Gasteiger charge is 2.24. The van der Waals surface area contributed by atoms with Crippen molar-refractivity contribution in [2.75, 3.05) is 26.0 Å². The predicted octanol–water partition coefficient (Wildman–Crippen LogP) is 2.16. The van der Waals surface area contributed by atoms with Gasteiger partial charge < -0.3 is 10.1 Å². The average molecular weight is 347 g/mol. The lowest BCUT2D eigenvalue weighted by Gasteiger charge is -2.24. The SMILES string of the molecule is CCOC(=O)c1cc(-c2ccnc(SC)n2)nn1C1CCNCC1. The van der Waals surface area contributed by atoms with Crippen molar-refractivity contribution in [3.05, 3.63) is 24.0 Å². The molecule has 0 bridgehead atoms. The van der Waals surface area contributed by atoms with Crippen molar-refractivity contribution in [2.24, 2.45) is 0 Å². The third-order valence-electron chi connectivity index (χ3n) is 3.95. The number of ether oxygens (including phenoxy) is 1. The Morgan fingerprint density at radius 1 is 1.42 bits per heavy atom. The smallest absolute Gasteiger partial charge is 0.356 e. The Kier molecular flexibility index (Phi) is 5.47. The maximum atomic E-state index is 12.3. The summed E-state index contributed by atoms with van der Waals surface area (Å²) in [6.07, 6.45) is 5.51. The highest BCUT2D eigenvalue weighted by atomic mass is 32.2. The van der Waals surface area contributed by atoms with Crippen molar-refractivity contribution in [1.29, 1.82) is 0 Å². The molecular formula is C16H21N5O2S. The molecule has 0 saturated carbocycles. The van der Waals surface area contributed by atoms with Crippen molar-refractivity contribution in [3.63, 3.8) is 0 Å². The van der Waals surface area contributed by atoms with E-state index in [-0.39, 0.29) is 12.0 Å². The van der Waals surface area contributed by atoms with Gasteiger partial charge in [-0.3, -0.25) is 4.68 Å². The molecule has 1 saturated heterocycles. The number of thioether (sulfide) groups is 1. The third kappa shape index (κ3) is 3.59. The van der Waals surface area contributed by atoms with Crippen LogP contribution in [0.1, 0.15) is 36.3 Å².